The van der Waals surface area contributed by atoms with Gasteiger partial charge in [0.05, 0.1) is 23.9 Å². The van der Waals surface area contributed by atoms with Gasteiger partial charge in [-0.15, -0.1) is 0 Å². The molecule has 1 N–H and O–H groups in total. The van der Waals surface area contributed by atoms with Crippen molar-refractivity contribution in [3.05, 3.63) is 52.8 Å². The Kier molecular flexibility index (Phi) is 4.54. The third kappa shape index (κ3) is 3.69. The molecule has 0 bridgehead atoms. The molecule has 2 rings (SSSR count). The van der Waals surface area contributed by atoms with Crippen LogP contribution in [0.25, 0.3) is 0 Å². The van der Waals surface area contributed by atoms with Crippen LogP contribution in [0.1, 0.15) is 29.4 Å². The van der Waals surface area contributed by atoms with Crippen molar-refractivity contribution >= 4 is 0 Å². The molecule has 1 unspecified atom stereocenters. The molecule has 0 fully saturated rings. The van der Waals surface area contributed by atoms with Gasteiger partial charge in [0.1, 0.15) is 0 Å². The summed E-state index contributed by atoms with van der Waals surface area (Å²) < 4.78 is 2.03. The van der Waals surface area contributed by atoms with Gasteiger partial charge in [-0.05, 0) is 44.5 Å². The molecule has 0 saturated heterocycles. The normalized spacial score (nSPS) is 12.1. The van der Waals surface area contributed by atoms with Crippen LogP contribution in [0.2, 0.25) is 0 Å². The molecule has 0 spiro atoms. The van der Waals surface area contributed by atoms with E-state index in [2.05, 4.69) is 36.4 Å². The van der Waals surface area contributed by atoms with Crippen molar-refractivity contribution in [3.8, 4) is 6.07 Å². The van der Waals surface area contributed by atoms with Gasteiger partial charge in [0, 0.05) is 18.3 Å². The first-order valence-electron chi connectivity index (χ1n) is 6.82. The molecule has 1 heterocycles. The zero-order valence-electron chi connectivity index (χ0n) is 12.2. The first-order chi connectivity index (χ1) is 9.58. The molecule has 0 radical (unpaired) electrons. The molecule has 104 valence electrons. The van der Waals surface area contributed by atoms with Gasteiger partial charge in [-0.3, -0.25) is 4.68 Å². The van der Waals surface area contributed by atoms with Crippen LogP contribution < -0.4 is 5.32 Å². The second kappa shape index (κ2) is 6.36. The van der Waals surface area contributed by atoms with Gasteiger partial charge < -0.3 is 5.32 Å². The highest BCUT2D eigenvalue weighted by Crippen LogP contribution is 2.05. The molecule has 1 aromatic heterocycles. The Morgan fingerprint density at radius 3 is 2.55 bits per heavy atom. The number of hydrogen-bond donors (Lipinski definition) is 1. The van der Waals surface area contributed by atoms with Crippen molar-refractivity contribution in [1.29, 1.82) is 5.26 Å². The maximum Gasteiger partial charge on any atom is 0.0991 e. The Labute approximate surface area is 120 Å². The standard InChI is InChI=1S/C16H20N4/c1-12-8-14(3)20(19-12)11-13(2)18-10-16-6-4-15(9-17)5-7-16/h4-8,13,18H,10-11H2,1-3H3. The van der Waals surface area contributed by atoms with E-state index in [9.17, 15) is 0 Å². The average Bonchev–Trinajstić information content (AvgIpc) is 2.75. The van der Waals surface area contributed by atoms with Crippen LogP contribution in [-0.4, -0.2) is 15.8 Å². The van der Waals surface area contributed by atoms with Crippen LogP contribution in [0.3, 0.4) is 0 Å². The Morgan fingerprint density at radius 1 is 1.30 bits per heavy atom. The van der Waals surface area contributed by atoms with Crippen molar-refractivity contribution in [2.75, 3.05) is 0 Å². The molecular weight excluding hydrogens is 248 g/mol. The van der Waals surface area contributed by atoms with Gasteiger partial charge in [-0.1, -0.05) is 12.1 Å². The lowest BCUT2D eigenvalue weighted by Crippen LogP contribution is -2.30. The maximum absolute atomic E-state index is 8.76. The third-order valence-electron chi connectivity index (χ3n) is 3.29. The fourth-order valence-corrected chi connectivity index (χ4v) is 2.17. The lowest BCUT2D eigenvalue weighted by Gasteiger charge is -2.15. The Balaban J connectivity index is 1.87. The summed E-state index contributed by atoms with van der Waals surface area (Å²) in [6.07, 6.45) is 0. The summed E-state index contributed by atoms with van der Waals surface area (Å²) in [6, 6.07) is 12.2. The molecule has 2 aromatic rings. The lowest BCUT2D eigenvalue weighted by molar-refractivity contribution is 0.444. The Morgan fingerprint density at radius 2 is 2.00 bits per heavy atom. The number of nitrogens with zero attached hydrogens (tertiary/aromatic N) is 3. The lowest BCUT2D eigenvalue weighted by atomic mass is 10.1. The highest BCUT2D eigenvalue weighted by Gasteiger charge is 2.06. The summed E-state index contributed by atoms with van der Waals surface area (Å²) in [6.45, 7) is 7.90. The van der Waals surface area contributed by atoms with E-state index < -0.39 is 0 Å². The molecule has 0 aliphatic heterocycles. The summed E-state index contributed by atoms with van der Waals surface area (Å²) in [5.41, 5.74) is 4.13. The van der Waals surface area contributed by atoms with Gasteiger partial charge in [-0.2, -0.15) is 10.4 Å². The van der Waals surface area contributed by atoms with E-state index in [1.165, 1.54) is 11.3 Å². The molecular formula is C16H20N4. The zero-order chi connectivity index (χ0) is 14.5. The SMILES string of the molecule is Cc1cc(C)n(CC(C)NCc2ccc(C#N)cc2)n1. The molecule has 1 aromatic carbocycles. The first-order valence-corrected chi connectivity index (χ1v) is 6.82. The Hall–Kier alpha value is -2.12. The van der Waals surface area contributed by atoms with Crippen LogP contribution in [0, 0.1) is 25.2 Å². The molecule has 0 saturated carbocycles. The van der Waals surface area contributed by atoms with Crippen molar-refractivity contribution in [3.63, 3.8) is 0 Å². The summed E-state index contributed by atoms with van der Waals surface area (Å²) in [7, 11) is 0. The van der Waals surface area contributed by atoms with Gasteiger partial charge in [0.25, 0.3) is 0 Å². The molecule has 0 aliphatic rings. The van der Waals surface area contributed by atoms with Crippen LogP contribution >= 0.6 is 0 Å². The highest BCUT2D eigenvalue weighted by atomic mass is 15.3. The van der Waals surface area contributed by atoms with Crippen molar-refractivity contribution in [2.24, 2.45) is 0 Å². The van der Waals surface area contributed by atoms with Crippen LogP contribution in [0.4, 0.5) is 0 Å². The smallest absolute Gasteiger partial charge is 0.0991 e. The predicted octanol–water partition coefficient (Wildman–Crippen LogP) is 2.55. The van der Waals surface area contributed by atoms with Gasteiger partial charge >= 0.3 is 0 Å². The van der Waals surface area contributed by atoms with E-state index in [0.717, 1.165) is 18.8 Å². The van der Waals surface area contributed by atoms with E-state index in [1.54, 1.807) is 0 Å². The van der Waals surface area contributed by atoms with Crippen LogP contribution in [0.5, 0.6) is 0 Å². The summed E-state index contributed by atoms with van der Waals surface area (Å²) in [5.74, 6) is 0. The quantitative estimate of drug-likeness (QED) is 0.906. The number of aromatic nitrogens is 2. The highest BCUT2D eigenvalue weighted by molar-refractivity contribution is 5.31. The van der Waals surface area contributed by atoms with E-state index >= 15 is 0 Å². The van der Waals surface area contributed by atoms with Crippen molar-refractivity contribution < 1.29 is 0 Å². The summed E-state index contributed by atoms with van der Waals surface area (Å²) in [4.78, 5) is 0. The number of benzene rings is 1. The van der Waals surface area contributed by atoms with Crippen LogP contribution in [-0.2, 0) is 13.1 Å². The second-order valence-corrected chi connectivity index (χ2v) is 5.20. The molecule has 4 nitrogen and oxygen atoms in total. The number of hydrogen-bond acceptors (Lipinski definition) is 3. The molecule has 20 heavy (non-hydrogen) atoms. The minimum absolute atomic E-state index is 0.337. The summed E-state index contributed by atoms with van der Waals surface area (Å²) >= 11 is 0. The molecule has 1 atom stereocenters. The maximum atomic E-state index is 8.76. The minimum Gasteiger partial charge on any atom is -0.308 e. The molecule has 0 amide bonds. The van der Waals surface area contributed by atoms with Crippen molar-refractivity contribution in [2.45, 2.75) is 39.9 Å². The molecule has 0 aliphatic carbocycles. The number of nitriles is 1. The zero-order valence-corrected chi connectivity index (χ0v) is 12.2. The largest absolute Gasteiger partial charge is 0.308 e. The average molecular weight is 268 g/mol. The number of nitrogens with one attached hydrogen (secondary N) is 1. The second-order valence-electron chi connectivity index (χ2n) is 5.20. The topological polar surface area (TPSA) is 53.6 Å². The van der Waals surface area contributed by atoms with E-state index in [0.29, 0.717) is 11.6 Å². The first kappa shape index (κ1) is 14.3. The minimum atomic E-state index is 0.337. The molecule has 4 heteroatoms. The third-order valence-corrected chi connectivity index (χ3v) is 3.29. The van der Waals surface area contributed by atoms with E-state index in [-0.39, 0.29) is 0 Å². The van der Waals surface area contributed by atoms with E-state index in [1.807, 2.05) is 35.9 Å². The Bertz CT molecular complexity index is 604. The van der Waals surface area contributed by atoms with Gasteiger partial charge in [0.2, 0.25) is 0 Å². The van der Waals surface area contributed by atoms with Crippen molar-refractivity contribution in [1.82, 2.24) is 15.1 Å². The predicted molar refractivity (Wildman–Crippen MR) is 79.2 cm³/mol. The number of rotatable bonds is 5. The van der Waals surface area contributed by atoms with Gasteiger partial charge in [0.15, 0.2) is 0 Å². The van der Waals surface area contributed by atoms with Crippen LogP contribution in [0.15, 0.2) is 30.3 Å². The van der Waals surface area contributed by atoms with E-state index in [4.69, 9.17) is 5.26 Å². The fourth-order valence-electron chi connectivity index (χ4n) is 2.17. The fraction of sp³-hybridized carbons (Fsp3) is 0.375. The summed E-state index contributed by atoms with van der Waals surface area (Å²) in [5, 5.41) is 16.7. The van der Waals surface area contributed by atoms with Gasteiger partial charge in [-0.25, -0.2) is 0 Å². The monoisotopic (exact) mass is 268 g/mol. The number of aryl methyl sites for hydroxylation is 2.